The maximum Gasteiger partial charge on any atom is 0.0994 e. The molecule has 3 nitrogen and oxygen atoms in total. The van der Waals surface area contributed by atoms with Crippen LogP contribution in [0.5, 0.6) is 0 Å². The van der Waals surface area contributed by atoms with E-state index in [4.69, 9.17) is 28.9 Å². The number of benzene rings is 1. The Morgan fingerprint density at radius 3 is 2.53 bits per heavy atom. The van der Waals surface area contributed by atoms with Crippen molar-refractivity contribution in [3.05, 3.63) is 46.5 Å². The van der Waals surface area contributed by atoms with Gasteiger partial charge in [0.15, 0.2) is 0 Å². The Bertz CT molecular complexity index is 502. The molecule has 0 bridgehead atoms. The summed E-state index contributed by atoms with van der Waals surface area (Å²) in [6.07, 6.45) is 4.33. The van der Waals surface area contributed by atoms with Crippen molar-refractivity contribution >= 4 is 23.2 Å². The van der Waals surface area contributed by atoms with Gasteiger partial charge in [0.05, 0.1) is 18.2 Å². The second-order valence-corrected chi connectivity index (χ2v) is 4.70. The molecule has 2 N–H and O–H groups in total. The summed E-state index contributed by atoms with van der Waals surface area (Å²) in [4.78, 5) is 4.12. The Balaban J connectivity index is 2.49. The minimum atomic E-state index is -0.0461. The van der Waals surface area contributed by atoms with E-state index in [0.29, 0.717) is 10.0 Å². The van der Waals surface area contributed by atoms with E-state index in [0.717, 1.165) is 17.8 Å². The van der Waals surface area contributed by atoms with Crippen molar-refractivity contribution in [2.24, 2.45) is 5.73 Å². The first-order valence-corrected chi connectivity index (χ1v) is 6.11. The molecule has 0 fully saturated rings. The number of halogens is 2. The number of nitrogens with two attached hydrogens (primary N) is 1. The van der Waals surface area contributed by atoms with E-state index in [1.165, 1.54) is 0 Å². The lowest BCUT2D eigenvalue weighted by atomic mass is 10.2. The van der Waals surface area contributed by atoms with E-state index >= 15 is 0 Å². The molecule has 0 aliphatic heterocycles. The first kappa shape index (κ1) is 12.4. The third kappa shape index (κ3) is 2.63. The van der Waals surface area contributed by atoms with Crippen molar-refractivity contribution in [1.82, 2.24) is 9.55 Å². The summed E-state index contributed by atoms with van der Waals surface area (Å²) in [5.41, 5.74) is 7.85. The molecular formula is C12H13Cl2N3. The largest absolute Gasteiger partial charge is 0.323 e. The second kappa shape index (κ2) is 5.08. The summed E-state index contributed by atoms with van der Waals surface area (Å²) >= 11 is 12.0. The topological polar surface area (TPSA) is 43.8 Å². The number of rotatable bonds is 3. The average Bonchev–Trinajstić information content (AvgIpc) is 2.75. The summed E-state index contributed by atoms with van der Waals surface area (Å²) in [5, 5.41) is 1.19. The SMILES string of the molecule is CC[C@@H](N)c1cncn1-c1cc(Cl)cc(Cl)c1. The van der Waals surface area contributed by atoms with Gasteiger partial charge in [0.1, 0.15) is 0 Å². The lowest BCUT2D eigenvalue weighted by Crippen LogP contribution is -2.13. The predicted octanol–water partition coefficient (Wildman–Crippen LogP) is 3.59. The van der Waals surface area contributed by atoms with Crippen LogP contribution in [0, 0.1) is 0 Å². The monoisotopic (exact) mass is 269 g/mol. The summed E-state index contributed by atoms with van der Waals surface area (Å²) in [5.74, 6) is 0. The summed E-state index contributed by atoms with van der Waals surface area (Å²) < 4.78 is 1.91. The van der Waals surface area contributed by atoms with Crippen LogP contribution in [0.2, 0.25) is 10.0 Å². The molecule has 1 aromatic carbocycles. The molecule has 17 heavy (non-hydrogen) atoms. The quantitative estimate of drug-likeness (QED) is 0.926. The minimum absolute atomic E-state index is 0.0461. The molecule has 0 aliphatic rings. The molecule has 1 heterocycles. The molecule has 0 spiro atoms. The van der Waals surface area contributed by atoms with Gasteiger partial charge in [-0.25, -0.2) is 4.98 Å². The number of imidazole rings is 1. The van der Waals surface area contributed by atoms with Gasteiger partial charge in [0.25, 0.3) is 0 Å². The molecule has 1 atom stereocenters. The molecule has 0 amide bonds. The van der Waals surface area contributed by atoms with E-state index in [1.54, 1.807) is 18.6 Å². The van der Waals surface area contributed by atoms with Gasteiger partial charge < -0.3 is 10.3 Å². The van der Waals surface area contributed by atoms with E-state index in [1.807, 2.05) is 23.6 Å². The predicted molar refractivity (Wildman–Crippen MR) is 70.8 cm³/mol. The second-order valence-electron chi connectivity index (χ2n) is 3.83. The van der Waals surface area contributed by atoms with Crippen LogP contribution in [-0.2, 0) is 0 Å². The van der Waals surface area contributed by atoms with Crippen LogP contribution in [0.1, 0.15) is 25.1 Å². The summed E-state index contributed by atoms with van der Waals surface area (Å²) in [7, 11) is 0. The summed E-state index contributed by atoms with van der Waals surface area (Å²) in [6.45, 7) is 2.03. The first-order chi connectivity index (χ1) is 8.11. The fourth-order valence-electron chi connectivity index (χ4n) is 1.68. The van der Waals surface area contributed by atoms with E-state index < -0.39 is 0 Å². The Hall–Kier alpha value is -1.03. The van der Waals surface area contributed by atoms with Crippen LogP contribution in [0.15, 0.2) is 30.7 Å². The fraction of sp³-hybridized carbons (Fsp3) is 0.250. The van der Waals surface area contributed by atoms with Gasteiger partial charge in [-0.05, 0) is 24.6 Å². The molecule has 0 unspecified atom stereocenters. The van der Waals surface area contributed by atoms with Crippen LogP contribution >= 0.6 is 23.2 Å². The highest BCUT2D eigenvalue weighted by atomic mass is 35.5. The van der Waals surface area contributed by atoms with Crippen LogP contribution in [0.3, 0.4) is 0 Å². The highest BCUT2D eigenvalue weighted by molar-refractivity contribution is 6.34. The minimum Gasteiger partial charge on any atom is -0.323 e. The van der Waals surface area contributed by atoms with Gasteiger partial charge in [-0.2, -0.15) is 0 Å². The Morgan fingerprint density at radius 1 is 1.29 bits per heavy atom. The van der Waals surface area contributed by atoms with Gasteiger partial charge >= 0.3 is 0 Å². The highest BCUT2D eigenvalue weighted by Crippen LogP contribution is 2.24. The van der Waals surface area contributed by atoms with E-state index in [2.05, 4.69) is 4.98 Å². The van der Waals surface area contributed by atoms with Gasteiger partial charge in [0.2, 0.25) is 0 Å². The normalized spacial score (nSPS) is 12.7. The molecule has 2 aromatic rings. The molecule has 0 radical (unpaired) electrons. The smallest absolute Gasteiger partial charge is 0.0994 e. The first-order valence-electron chi connectivity index (χ1n) is 5.36. The molecule has 0 aliphatic carbocycles. The van der Waals surface area contributed by atoms with Crippen molar-refractivity contribution in [3.8, 4) is 5.69 Å². The zero-order valence-corrected chi connectivity index (χ0v) is 10.9. The number of hydrogen-bond acceptors (Lipinski definition) is 2. The van der Waals surface area contributed by atoms with Crippen LogP contribution in [0.25, 0.3) is 5.69 Å². The Morgan fingerprint density at radius 2 is 1.94 bits per heavy atom. The third-order valence-corrected chi connectivity index (χ3v) is 3.05. The van der Waals surface area contributed by atoms with E-state index in [-0.39, 0.29) is 6.04 Å². The van der Waals surface area contributed by atoms with Crippen molar-refractivity contribution < 1.29 is 0 Å². The van der Waals surface area contributed by atoms with Crippen LogP contribution in [0.4, 0.5) is 0 Å². The van der Waals surface area contributed by atoms with Gasteiger partial charge in [-0.3, -0.25) is 0 Å². The standard InChI is InChI=1S/C12H13Cl2N3/c1-2-11(15)12-6-16-7-17(12)10-4-8(13)3-9(14)5-10/h3-7,11H,2,15H2,1H3/t11-/m1/s1. The molecule has 2 rings (SSSR count). The molecular weight excluding hydrogens is 257 g/mol. The zero-order chi connectivity index (χ0) is 12.4. The average molecular weight is 270 g/mol. The Kier molecular flexibility index (Phi) is 3.72. The molecule has 0 saturated heterocycles. The van der Waals surface area contributed by atoms with E-state index in [9.17, 15) is 0 Å². The van der Waals surface area contributed by atoms with Crippen molar-refractivity contribution in [1.29, 1.82) is 0 Å². The lowest BCUT2D eigenvalue weighted by Gasteiger charge is -2.13. The molecule has 0 saturated carbocycles. The molecule has 5 heteroatoms. The summed E-state index contributed by atoms with van der Waals surface area (Å²) in [6, 6.07) is 5.32. The van der Waals surface area contributed by atoms with Gasteiger partial charge in [-0.1, -0.05) is 30.1 Å². The Labute approximate surface area is 110 Å². The van der Waals surface area contributed by atoms with Crippen molar-refractivity contribution in [3.63, 3.8) is 0 Å². The fourth-order valence-corrected chi connectivity index (χ4v) is 2.20. The van der Waals surface area contributed by atoms with Crippen molar-refractivity contribution in [2.75, 3.05) is 0 Å². The number of nitrogens with zero attached hydrogens (tertiary/aromatic N) is 2. The zero-order valence-electron chi connectivity index (χ0n) is 9.40. The molecule has 90 valence electrons. The van der Waals surface area contributed by atoms with Gasteiger partial charge in [-0.15, -0.1) is 0 Å². The van der Waals surface area contributed by atoms with Crippen LogP contribution in [-0.4, -0.2) is 9.55 Å². The molecule has 1 aromatic heterocycles. The highest BCUT2D eigenvalue weighted by Gasteiger charge is 2.11. The lowest BCUT2D eigenvalue weighted by molar-refractivity contribution is 0.660. The maximum atomic E-state index is 6.03. The number of hydrogen-bond donors (Lipinski definition) is 1. The van der Waals surface area contributed by atoms with Crippen molar-refractivity contribution in [2.45, 2.75) is 19.4 Å². The van der Waals surface area contributed by atoms with Gasteiger partial charge in [0, 0.05) is 21.8 Å². The van der Waals surface area contributed by atoms with Crippen LogP contribution < -0.4 is 5.73 Å². The number of aromatic nitrogens is 2. The maximum absolute atomic E-state index is 6.03. The third-order valence-electron chi connectivity index (χ3n) is 2.61.